The smallest absolute Gasteiger partial charge is 0.418 e. The van der Waals surface area contributed by atoms with Gasteiger partial charge in [0.25, 0.3) is 0 Å². The number of hydrogen-bond acceptors (Lipinski definition) is 0. The van der Waals surface area contributed by atoms with E-state index in [0.29, 0.717) is 5.41 Å². The summed E-state index contributed by atoms with van der Waals surface area (Å²) < 4.78 is 39.0. The first-order valence-corrected chi connectivity index (χ1v) is 11.6. The van der Waals surface area contributed by atoms with Gasteiger partial charge in [-0.1, -0.05) is 60.8 Å². The molecule has 0 aromatic heterocycles. The molecule has 0 fully saturated rings. The molecule has 0 heterocycles. The molecule has 0 aromatic rings. The van der Waals surface area contributed by atoms with Crippen molar-refractivity contribution < 1.29 is 17.3 Å². The van der Waals surface area contributed by atoms with Crippen molar-refractivity contribution in [3.63, 3.8) is 0 Å². The van der Waals surface area contributed by atoms with Crippen molar-refractivity contribution in [2.24, 2.45) is 5.41 Å². The second-order valence-electron chi connectivity index (χ2n) is 7.79. The van der Waals surface area contributed by atoms with Gasteiger partial charge in [0, 0.05) is 7.26 Å². The Hall–Kier alpha value is 0.215. The number of hydrogen-bond donors (Lipinski definition) is 0. The average molecular weight is 360 g/mol. The lowest BCUT2D eigenvalue weighted by molar-refractivity contribution is 0.368. The third kappa shape index (κ3) is 20.2. The Morgan fingerprint density at radius 1 is 0.696 bits per heavy atom. The summed E-state index contributed by atoms with van der Waals surface area (Å²) in [6.45, 7) is 14.4. The minimum absolute atomic E-state index is 0.531. The van der Waals surface area contributed by atoms with Crippen LogP contribution in [0, 0.1) is 5.41 Å². The lowest BCUT2D eigenvalue weighted by Gasteiger charge is -2.33. The summed E-state index contributed by atoms with van der Waals surface area (Å²) in [4.78, 5) is 0. The Kier molecular flexibility index (Phi) is 13.9. The number of halogens is 4. The van der Waals surface area contributed by atoms with E-state index in [-0.39, 0.29) is 0 Å². The fraction of sp³-hybridized carbons (Fsp3) is 1.00. The fourth-order valence-corrected chi connectivity index (χ4v) is 9.18. The molecule has 0 atom stereocenters. The minimum Gasteiger partial charge on any atom is -0.418 e. The summed E-state index contributed by atoms with van der Waals surface area (Å²) in [6, 6.07) is 0. The average Bonchev–Trinajstić information content (AvgIpc) is 2.37. The van der Waals surface area contributed by atoms with Crippen LogP contribution in [0.25, 0.3) is 0 Å². The Bertz CT molecular complexity index is 247. The lowest BCUT2D eigenvalue weighted by atomic mass is 10.0. The van der Waals surface area contributed by atoms with Gasteiger partial charge < -0.3 is 17.3 Å². The summed E-state index contributed by atoms with van der Waals surface area (Å²) in [5.41, 5.74) is 0.531. The molecule has 0 aliphatic rings. The van der Waals surface area contributed by atoms with Crippen molar-refractivity contribution in [3.05, 3.63) is 0 Å². The van der Waals surface area contributed by atoms with Crippen LogP contribution in [0.15, 0.2) is 0 Å². The second kappa shape index (κ2) is 12.6. The van der Waals surface area contributed by atoms with Crippen LogP contribution in [0.4, 0.5) is 17.3 Å². The van der Waals surface area contributed by atoms with Gasteiger partial charge in [0.2, 0.25) is 0 Å². The first-order valence-electron chi connectivity index (χ1n) is 9.11. The van der Waals surface area contributed by atoms with E-state index in [2.05, 4.69) is 41.5 Å². The molecule has 0 rings (SSSR count). The van der Waals surface area contributed by atoms with Gasteiger partial charge in [-0.2, -0.15) is 0 Å². The molecule has 0 amide bonds. The summed E-state index contributed by atoms with van der Waals surface area (Å²) in [7, 11) is -6.67. The molecule has 142 valence electrons. The maximum atomic E-state index is 9.75. The van der Waals surface area contributed by atoms with Gasteiger partial charge in [-0.15, -0.1) is 0 Å². The molecule has 6 heteroatoms. The van der Waals surface area contributed by atoms with E-state index >= 15 is 0 Å². The molecule has 0 bridgehead atoms. The van der Waals surface area contributed by atoms with Crippen LogP contribution in [0.1, 0.15) is 80.1 Å². The fourth-order valence-electron chi connectivity index (χ4n) is 3.06. The van der Waals surface area contributed by atoms with Gasteiger partial charge in [-0.25, -0.2) is 0 Å². The Morgan fingerprint density at radius 2 is 0.957 bits per heavy atom. The van der Waals surface area contributed by atoms with Gasteiger partial charge >= 0.3 is 7.25 Å². The van der Waals surface area contributed by atoms with Gasteiger partial charge in [-0.3, -0.25) is 0 Å². The van der Waals surface area contributed by atoms with E-state index in [0.717, 1.165) is 0 Å². The molecule has 0 nitrogen and oxygen atoms in total. The Labute approximate surface area is 142 Å². The van der Waals surface area contributed by atoms with Crippen LogP contribution in [-0.2, 0) is 0 Å². The van der Waals surface area contributed by atoms with E-state index in [1.165, 1.54) is 44.7 Å². The van der Waals surface area contributed by atoms with E-state index in [1.54, 1.807) is 18.5 Å². The molecule has 0 radical (unpaired) electrons. The van der Waals surface area contributed by atoms with Crippen LogP contribution in [0.2, 0.25) is 0 Å². The molecule has 0 N–H and O–H groups in total. The standard InChI is InChI=1S/C17H38P.BF4/c1-7-10-13-18(14-11-8-2,15-12-9-3)16-17(4,5)6;2-1(3,4)5/h7-16H2,1-6H3;/q+1;-1. The topological polar surface area (TPSA) is 0 Å². The quantitative estimate of drug-likeness (QED) is 0.212. The first kappa shape index (κ1) is 25.5. The van der Waals surface area contributed by atoms with E-state index < -0.39 is 14.5 Å². The number of rotatable bonds is 10. The van der Waals surface area contributed by atoms with Gasteiger partial charge in [-0.05, 0) is 24.7 Å². The molecule has 0 aliphatic carbocycles. The third-order valence-electron chi connectivity index (χ3n) is 3.77. The normalized spacial score (nSPS) is 12.8. The summed E-state index contributed by atoms with van der Waals surface area (Å²) in [5.74, 6) is 0. The SMILES string of the molecule is CCCC[P+](CCCC)(CCCC)CC(C)(C)C.F[B-](F)(F)F. The van der Waals surface area contributed by atoms with Crippen molar-refractivity contribution in [2.45, 2.75) is 80.1 Å². The molecule has 0 spiro atoms. The highest BCUT2D eigenvalue weighted by molar-refractivity contribution is 7.75. The van der Waals surface area contributed by atoms with Crippen LogP contribution in [0.5, 0.6) is 0 Å². The van der Waals surface area contributed by atoms with Crippen molar-refractivity contribution in [2.75, 3.05) is 24.6 Å². The molecular weight excluding hydrogens is 322 g/mol. The predicted octanol–water partition coefficient (Wildman–Crippen LogP) is 7.75. The van der Waals surface area contributed by atoms with Crippen LogP contribution in [-0.4, -0.2) is 31.9 Å². The van der Waals surface area contributed by atoms with Crippen molar-refractivity contribution in [3.8, 4) is 0 Å². The summed E-state index contributed by atoms with van der Waals surface area (Å²) >= 11 is 0. The predicted molar refractivity (Wildman–Crippen MR) is 101 cm³/mol. The monoisotopic (exact) mass is 360 g/mol. The molecule has 0 aliphatic heterocycles. The van der Waals surface area contributed by atoms with Crippen molar-refractivity contribution in [1.29, 1.82) is 0 Å². The van der Waals surface area contributed by atoms with Crippen molar-refractivity contribution >= 4 is 14.5 Å². The molecule has 0 aromatic carbocycles. The number of unbranched alkanes of at least 4 members (excludes halogenated alkanes) is 3. The molecule has 0 saturated heterocycles. The lowest BCUT2D eigenvalue weighted by Crippen LogP contribution is -2.22. The highest BCUT2D eigenvalue weighted by atomic mass is 31.2. The molecule has 23 heavy (non-hydrogen) atoms. The maximum Gasteiger partial charge on any atom is 0.673 e. The second-order valence-corrected chi connectivity index (χ2v) is 12.1. The minimum atomic E-state index is -6.00. The van der Waals surface area contributed by atoms with Crippen LogP contribution >= 0.6 is 7.26 Å². The van der Waals surface area contributed by atoms with Gasteiger partial charge in [0.1, 0.15) is 0 Å². The molecular formula is C17H38BF4P. The molecule has 0 saturated carbocycles. The van der Waals surface area contributed by atoms with Crippen LogP contribution < -0.4 is 0 Å². The summed E-state index contributed by atoms with van der Waals surface area (Å²) in [6.07, 6.45) is 14.8. The van der Waals surface area contributed by atoms with Gasteiger partial charge in [0.05, 0.1) is 24.6 Å². The third-order valence-corrected chi connectivity index (χ3v) is 9.18. The highest BCUT2D eigenvalue weighted by Crippen LogP contribution is 2.63. The largest absolute Gasteiger partial charge is 0.673 e. The van der Waals surface area contributed by atoms with Crippen molar-refractivity contribution in [1.82, 2.24) is 0 Å². The van der Waals surface area contributed by atoms with Crippen LogP contribution in [0.3, 0.4) is 0 Å². The highest BCUT2D eigenvalue weighted by Gasteiger charge is 2.39. The zero-order chi connectivity index (χ0) is 18.6. The zero-order valence-electron chi connectivity index (χ0n) is 16.1. The van der Waals surface area contributed by atoms with E-state index in [4.69, 9.17) is 0 Å². The Morgan fingerprint density at radius 3 is 1.13 bits per heavy atom. The van der Waals surface area contributed by atoms with E-state index in [9.17, 15) is 17.3 Å². The summed E-state index contributed by atoms with van der Waals surface area (Å²) in [5, 5.41) is 0. The maximum absolute atomic E-state index is 9.75. The van der Waals surface area contributed by atoms with E-state index in [1.807, 2.05) is 0 Å². The zero-order valence-corrected chi connectivity index (χ0v) is 17.0. The first-order chi connectivity index (χ1) is 10.4. The Balaban J connectivity index is 0. The molecule has 0 unspecified atom stereocenters. The van der Waals surface area contributed by atoms with Gasteiger partial charge in [0.15, 0.2) is 0 Å².